The molecule has 0 spiro atoms. The molecule has 0 unspecified atom stereocenters. The lowest BCUT2D eigenvalue weighted by molar-refractivity contribution is 0.278. The Bertz CT molecular complexity index is 699. The number of nitrogens with zero attached hydrogens (tertiary/aromatic N) is 2. The molecule has 0 atom stereocenters. The summed E-state index contributed by atoms with van der Waals surface area (Å²) < 4.78 is 26.9. The van der Waals surface area contributed by atoms with Crippen molar-refractivity contribution in [2.45, 2.75) is 18.2 Å². The fourth-order valence-corrected chi connectivity index (χ4v) is 3.39. The minimum Gasteiger partial charge on any atom is -0.392 e. The molecule has 1 heterocycles. The lowest BCUT2D eigenvalue weighted by Crippen LogP contribution is -2.27. The van der Waals surface area contributed by atoms with Crippen LogP contribution in [-0.2, 0) is 23.2 Å². The van der Waals surface area contributed by atoms with Gasteiger partial charge in [-0.05, 0) is 11.6 Å². The smallest absolute Gasteiger partial charge is 0.260 e. The van der Waals surface area contributed by atoms with Crippen molar-refractivity contribution in [1.29, 1.82) is 0 Å². The van der Waals surface area contributed by atoms with Gasteiger partial charge in [0.15, 0.2) is 5.03 Å². The second-order valence-electron chi connectivity index (χ2n) is 4.23. The van der Waals surface area contributed by atoms with Crippen LogP contribution in [0, 0.1) is 0 Å². The first-order valence-corrected chi connectivity index (χ1v) is 8.03. The van der Waals surface area contributed by atoms with Crippen LogP contribution in [0.1, 0.15) is 11.1 Å². The molecule has 108 valence electrons. The van der Waals surface area contributed by atoms with E-state index in [-0.39, 0.29) is 23.7 Å². The van der Waals surface area contributed by atoms with Crippen molar-refractivity contribution >= 4 is 26.0 Å². The van der Waals surface area contributed by atoms with Gasteiger partial charge in [0, 0.05) is 23.6 Å². The maximum atomic E-state index is 12.4. The number of benzene rings is 1. The topological polar surface area (TPSA) is 86.3 Å². The monoisotopic (exact) mass is 359 g/mol. The molecule has 6 nitrogen and oxygen atoms in total. The van der Waals surface area contributed by atoms with Gasteiger partial charge in [0.25, 0.3) is 10.0 Å². The number of aliphatic hydroxyl groups excluding tert-OH is 1. The van der Waals surface area contributed by atoms with Crippen molar-refractivity contribution in [3.63, 3.8) is 0 Å². The molecule has 0 aliphatic rings. The number of sulfonamides is 1. The van der Waals surface area contributed by atoms with Gasteiger partial charge in [-0.3, -0.25) is 5.10 Å². The zero-order chi connectivity index (χ0) is 14.8. The minimum absolute atomic E-state index is 0.0745. The zero-order valence-corrected chi connectivity index (χ0v) is 13.1. The third kappa shape index (κ3) is 2.93. The molecule has 20 heavy (non-hydrogen) atoms. The summed E-state index contributed by atoms with van der Waals surface area (Å²) >= 11 is 3.39. The van der Waals surface area contributed by atoms with E-state index in [1.807, 2.05) is 24.3 Å². The van der Waals surface area contributed by atoms with Gasteiger partial charge in [-0.2, -0.15) is 9.40 Å². The van der Waals surface area contributed by atoms with Crippen molar-refractivity contribution in [2.24, 2.45) is 0 Å². The van der Waals surface area contributed by atoms with Crippen LogP contribution in [0.25, 0.3) is 0 Å². The van der Waals surface area contributed by atoms with Crippen LogP contribution in [0.2, 0.25) is 0 Å². The van der Waals surface area contributed by atoms with Crippen LogP contribution in [-0.4, -0.2) is 35.1 Å². The average molecular weight is 360 g/mol. The number of halogens is 1. The lowest BCUT2D eigenvalue weighted by atomic mass is 10.2. The van der Waals surface area contributed by atoms with Crippen LogP contribution in [0.3, 0.4) is 0 Å². The SMILES string of the molecule is CN(Cc1ccccc1Br)S(=O)(=O)c1[nH]ncc1CO. The van der Waals surface area contributed by atoms with Crippen LogP contribution < -0.4 is 0 Å². The first kappa shape index (κ1) is 15.2. The molecular weight excluding hydrogens is 346 g/mol. The number of nitrogens with one attached hydrogen (secondary N) is 1. The van der Waals surface area contributed by atoms with Crippen molar-refractivity contribution in [3.8, 4) is 0 Å². The fraction of sp³-hybridized carbons (Fsp3) is 0.250. The van der Waals surface area contributed by atoms with Gasteiger partial charge in [-0.15, -0.1) is 0 Å². The molecule has 0 aliphatic carbocycles. The molecule has 1 aromatic heterocycles. The molecule has 0 fully saturated rings. The number of aliphatic hydroxyl groups is 1. The molecule has 8 heteroatoms. The largest absolute Gasteiger partial charge is 0.392 e. The van der Waals surface area contributed by atoms with Gasteiger partial charge in [0.05, 0.1) is 12.8 Å². The van der Waals surface area contributed by atoms with Crippen molar-refractivity contribution in [1.82, 2.24) is 14.5 Å². The molecule has 0 radical (unpaired) electrons. The van der Waals surface area contributed by atoms with E-state index in [4.69, 9.17) is 5.11 Å². The summed E-state index contributed by atoms with van der Waals surface area (Å²) in [7, 11) is -2.24. The van der Waals surface area contributed by atoms with E-state index in [1.54, 1.807) is 0 Å². The van der Waals surface area contributed by atoms with Gasteiger partial charge in [-0.25, -0.2) is 8.42 Å². The Hall–Kier alpha value is -1.22. The Labute approximate surface area is 125 Å². The second kappa shape index (κ2) is 6.04. The Balaban J connectivity index is 2.29. The predicted octanol–water partition coefficient (Wildman–Crippen LogP) is 1.49. The third-order valence-electron chi connectivity index (χ3n) is 2.87. The summed E-state index contributed by atoms with van der Waals surface area (Å²) in [6, 6.07) is 7.40. The molecule has 2 N–H and O–H groups in total. The van der Waals surface area contributed by atoms with Crippen molar-refractivity contribution in [2.75, 3.05) is 7.05 Å². The number of rotatable bonds is 5. The summed E-state index contributed by atoms with van der Waals surface area (Å²) in [6.07, 6.45) is 1.30. The fourth-order valence-electron chi connectivity index (χ4n) is 1.74. The first-order valence-electron chi connectivity index (χ1n) is 5.79. The molecule has 0 aliphatic heterocycles. The third-order valence-corrected chi connectivity index (χ3v) is 5.46. The molecule has 2 aromatic rings. The van der Waals surface area contributed by atoms with Crippen molar-refractivity contribution < 1.29 is 13.5 Å². The van der Waals surface area contributed by atoms with Crippen LogP contribution in [0.5, 0.6) is 0 Å². The maximum Gasteiger partial charge on any atom is 0.260 e. The maximum absolute atomic E-state index is 12.4. The molecule has 0 amide bonds. The molecule has 1 aromatic carbocycles. The highest BCUT2D eigenvalue weighted by molar-refractivity contribution is 9.10. The average Bonchev–Trinajstić information content (AvgIpc) is 2.90. The summed E-state index contributed by atoms with van der Waals surface area (Å²) in [5.41, 5.74) is 1.10. The van der Waals surface area contributed by atoms with E-state index in [9.17, 15) is 8.42 Å². The van der Waals surface area contributed by atoms with Gasteiger partial charge >= 0.3 is 0 Å². The second-order valence-corrected chi connectivity index (χ2v) is 7.07. The minimum atomic E-state index is -3.72. The van der Waals surface area contributed by atoms with E-state index in [1.165, 1.54) is 17.5 Å². The van der Waals surface area contributed by atoms with E-state index in [0.29, 0.717) is 0 Å². The first-order chi connectivity index (χ1) is 9.46. The normalized spacial score (nSPS) is 12.0. The van der Waals surface area contributed by atoms with Gasteiger partial charge < -0.3 is 5.11 Å². The Morgan fingerprint density at radius 1 is 1.35 bits per heavy atom. The highest BCUT2D eigenvalue weighted by atomic mass is 79.9. The molecule has 2 rings (SSSR count). The van der Waals surface area contributed by atoms with Crippen LogP contribution >= 0.6 is 15.9 Å². The summed E-state index contributed by atoms with van der Waals surface area (Å²) in [5, 5.41) is 15.2. The summed E-state index contributed by atoms with van der Waals surface area (Å²) in [5.74, 6) is 0. The molecule has 0 saturated carbocycles. The summed E-state index contributed by atoms with van der Waals surface area (Å²) in [4.78, 5) is 0. The predicted molar refractivity (Wildman–Crippen MR) is 77.3 cm³/mol. The number of hydrogen-bond donors (Lipinski definition) is 2. The van der Waals surface area contributed by atoms with Crippen molar-refractivity contribution in [3.05, 3.63) is 46.1 Å². The Morgan fingerprint density at radius 3 is 2.70 bits per heavy atom. The number of aromatic nitrogens is 2. The van der Waals surface area contributed by atoms with Gasteiger partial charge in [-0.1, -0.05) is 34.1 Å². The molecule has 0 bridgehead atoms. The Morgan fingerprint density at radius 2 is 2.05 bits per heavy atom. The van der Waals surface area contributed by atoms with E-state index in [0.717, 1.165) is 10.0 Å². The van der Waals surface area contributed by atoms with Crippen LogP contribution in [0.15, 0.2) is 40.0 Å². The molecule has 0 saturated heterocycles. The summed E-state index contributed by atoms with van der Waals surface area (Å²) in [6.45, 7) is -0.165. The van der Waals surface area contributed by atoms with Gasteiger partial charge in [0.2, 0.25) is 0 Å². The zero-order valence-electron chi connectivity index (χ0n) is 10.7. The number of aromatic amines is 1. The highest BCUT2D eigenvalue weighted by Gasteiger charge is 2.26. The van der Waals surface area contributed by atoms with E-state index >= 15 is 0 Å². The number of H-pyrrole nitrogens is 1. The Kier molecular flexibility index (Phi) is 4.59. The quantitative estimate of drug-likeness (QED) is 0.846. The number of hydrogen-bond acceptors (Lipinski definition) is 4. The van der Waals surface area contributed by atoms with E-state index < -0.39 is 10.0 Å². The van der Waals surface area contributed by atoms with Crippen LogP contribution in [0.4, 0.5) is 0 Å². The van der Waals surface area contributed by atoms with Gasteiger partial charge in [0.1, 0.15) is 0 Å². The standard InChI is InChI=1S/C12H14BrN3O3S/c1-16(7-9-4-2-3-5-11(9)13)20(18,19)12-10(8-17)6-14-15-12/h2-6,17H,7-8H2,1H3,(H,14,15). The molecular formula is C12H14BrN3O3S. The van der Waals surface area contributed by atoms with E-state index in [2.05, 4.69) is 26.1 Å². The lowest BCUT2D eigenvalue weighted by Gasteiger charge is -2.17. The highest BCUT2D eigenvalue weighted by Crippen LogP contribution is 2.22.